The van der Waals surface area contributed by atoms with Crippen LogP contribution in [0.25, 0.3) is 0 Å². The molecule has 126 valence electrons. The Labute approximate surface area is 137 Å². The first kappa shape index (κ1) is 17.3. The second kappa shape index (κ2) is 7.99. The first-order valence-electron chi connectivity index (χ1n) is 8.28. The molecule has 0 spiro atoms. The summed E-state index contributed by atoms with van der Waals surface area (Å²) in [5.74, 6) is 0.0120. The van der Waals surface area contributed by atoms with Crippen LogP contribution in [0.15, 0.2) is 30.3 Å². The molecule has 0 aliphatic heterocycles. The third-order valence-electron chi connectivity index (χ3n) is 4.84. The van der Waals surface area contributed by atoms with Gasteiger partial charge in [0.05, 0.1) is 6.54 Å². The Morgan fingerprint density at radius 2 is 1.87 bits per heavy atom. The number of benzene rings is 1. The van der Waals surface area contributed by atoms with Crippen molar-refractivity contribution in [2.75, 3.05) is 18.0 Å². The predicted molar refractivity (Wildman–Crippen MR) is 90.4 cm³/mol. The highest BCUT2D eigenvalue weighted by Crippen LogP contribution is 2.29. The lowest BCUT2D eigenvalue weighted by atomic mass is 9.78. The molecule has 1 aromatic carbocycles. The normalized spacial score (nSPS) is 24.0. The summed E-state index contributed by atoms with van der Waals surface area (Å²) in [4.78, 5) is 25.1. The largest absolute Gasteiger partial charge is 0.480 e. The van der Waals surface area contributed by atoms with E-state index in [1.54, 1.807) is 4.90 Å². The third kappa shape index (κ3) is 4.98. The van der Waals surface area contributed by atoms with Crippen LogP contribution in [0, 0.1) is 11.8 Å². The van der Waals surface area contributed by atoms with Crippen molar-refractivity contribution in [2.45, 2.75) is 39.2 Å². The van der Waals surface area contributed by atoms with E-state index in [1.165, 1.54) is 6.42 Å². The van der Waals surface area contributed by atoms with Crippen LogP contribution >= 0.6 is 0 Å². The van der Waals surface area contributed by atoms with Crippen molar-refractivity contribution in [2.24, 2.45) is 11.8 Å². The average molecular weight is 318 g/mol. The Balaban J connectivity index is 1.98. The number of aliphatic carboxylic acids is 1. The Morgan fingerprint density at radius 3 is 2.52 bits per heavy atom. The van der Waals surface area contributed by atoms with E-state index in [2.05, 4.69) is 19.2 Å². The van der Waals surface area contributed by atoms with Crippen molar-refractivity contribution in [3.05, 3.63) is 30.3 Å². The molecule has 0 saturated heterocycles. The van der Waals surface area contributed by atoms with Crippen molar-refractivity contribution in [3.63, 3.8) is 0 Å². The van der Waals surface area contributed by atoms with E-state index < -0.39 is 5.97 Å². The smallest absolute Gasteiger partial charge is 0.323 e. The molecule has 0 aromatic heterocycles. The quantitative estimate of drug-likeness (QED) is 0.845. The third-order valence-corrected chi connectivity index (χ3v) is 4.84. The van der Waals surface area contributed by atoms with Gasteiger partial charge in [-0.05, 0) is 30.4 Å². The molecule has 1 fully saturated rings. The van der Waals surface area contributed by atoms with E-state index in [4.69, 9.17) is 5.11 Å². The molecule has 3 unspecified atom stereocenters. The predicted octanol–water partition coefficient (Wildman–Crippen LogP) is 2.52. The van der Waals surface area contributed by atoms with Crippen molar-refractivity contribution < 1.29 is 14.7 Å². The van der Waals surface area contributed by atoms with Gasteiger partial charge in [-0.25, -0.2) is 0 Å². The van der Waals surface area contributed by atoms with Crippen molar-refractivity contribution >= 4 is 17.6 Å². The molecule has 3 atom stereocenters. The molecular weight excluding hydrogens is 292 g/mol. The van der Waals surface area contributed by atoms with Gasteiger partial charge in [-0.2, -0.15) is 0 Å². The number of carbonyl (C=O) groups excluding carboxylic acids is 1. The zero-order chi connectivity index (χ0) is 16.8. The molecule has 0 bridgehead atoms. The SMILES string of the molecule is CC1CCCC(NC(=O)CN(CC(=O)O)c2ccccc2)C1C. The summed E-state index contributed by atoms with van der Waals surface area (Å²) in [5, 5.41) is 12.2. The molecule has 23 heavy (non-hydrogen) atoms. The van der Waals surface area contributed by atoms with E-state index in [-0.39, 0.29) is 25.0 Å². The van der Waals surface area contributed by atoms with Crippen molar-refractivity contribution in [1.29, 1.82) is 0 Å². The average Bonchev–Trinajstić information content (AvgIpc) is 2.51. The van der Waals surface area contributed by atoms with Crippen molar-refractivity contribution in [1.82, 2.24) is 5.32 Å². The topological polar surface area (TPSA) is 69.6 Å². The fraction of sp³-hybridized carbons (Fsp3) is 0.556. The Hall–Kier alpha value is -2.04. The number of hydrogen-bond donors (Lipinski definition) is 2. The van der Waals surface area contributed by atoms with E-state index >= 15 is 0 Å². The van der Waals surface area contributed by atoms with Crippen molar-refractivity contribution in [3.8, 4) is 0 Å². The van der Waals surface area contributed by atoms with Crippen LogP contribution in [0.4, 0.5) is 5.69 Å². The highest BCUT2D eigenvalue weighted by Gasteiger charge is 2.28. The number of carboxylic acids is 1. The van der Waals surface area contributed by atoms with E-state index in [0.29, 0.717) is 11.8 Å². The number of para-hydroxylation sites is 1. The van der Waals surface area contributed by atoms with Crippen LogP contribution in [-0.4, -0.2) is 36.1 Å². The van der Waals surface area contributed by atoms with Crippen LogP contribution in [0.1, 0.15) is 33.1 Å². The van der Waals surface area contributed by atoms with Crippen LogP contribution < -0.4 is 10.2 Å². The number of carboxylic acid groups (broad SMARTS) is 1. The van der Waals surface area contributed by atoms with E-state index in [1.807, 2.05) is 30.3 Å². The minimum absolute atomic E-state index is 0.0634. The zero-order valence-electron chi connectivity index (χ0n) is 13.9. The van der Waals surface area contributed by atoms with E-state index in [0.717, 1.165) is 18.5 Å². The molecule has 1 saturated carbocycles. The molecule has 1 aromatic rings. The maximum Gasteiger partial charge on any atom is 0.323 e. The Kier molecular flexibility index (Phi) is 6.02. The van der Waals surface area contributed by atoms with Crippen LogP contribution in [-0.2, 0) is 9.59 Å². The standard InChI is InChI=1S/C18H26N2O3/c1-13-7-6-10-16(14(13)2)19-17(21)11-20(12-18(22)23)15-8-4-3-5-9-15/h3-5,8-9,13-14,16H,6-7,10-12H2,1-2H3,(H,19,21)(H,22,23). The lowest BCUT2D eigenvalue weighted by molar-refractivity contribution is -0.135. The lowest BCUT2D eigenvalue weighted by Gasteiger charge is -2.35. The molecule has 1 aliphatic carbocycles. The molecule has 2 rings (SSSR count). The molecule has 2 N–H and O–H groups in total. The summed E-state index contributed by atoms with van der Waals surface area (Å²) >= 11 is 0. The fourth-order valence-electron chi connectivity index (χ4n) is 3.25. The summed E-state index contributed by atoms with van der Waals surface area (Å²) in [6.07, 6.45) is 3.35. The fourth-order valence-corrected chi connectivity index (χ4v) is 3.25. The molecule has 5 nitrogen and oxygen atoms in total. The summed E-state index contributed by atoms with van der Waals surface area (Å²) in [6, 6.07) is 9.38. The highest BCUT2D eigenvalue weighted by molar-refractivity contribution is 5.84. The molecule has 1 aliphatic rings. The molecule has 1 amide bonds. The monoisotopic (exact) mass is 318 g/mol. The maximum atomic E-state index is 12.4. The number of rotatable bonds is 6. The van der Waals surface area contributed by atoms with Gasteiger partial charge in [0, 0.05) is 11.7 Å². The van der Waals surface area contributed by atoms with Gasteiger partial charge in [-0.1, -0.05) is 44.9 Å². The molecule has 5 heteroatoms. The van der Waals surface area contributed by atoms with Gasteiger partial charge in [-0.3, -0.25) is 9.59 Å². The second-order valence-electron chi connectivity index (χ2n) is 6.53. The van der Waals surface area contributed by atoms with Gasteiger partial charge >= 0.3 is 5.97 Å². The number of hydrogen-bond acceptors (Lipinski definition) is 3. The van der Waals surface area contributed by atoms with Gasteiger partial charge in [0.2, 0.25) is 5.91 Å². The minimum atomic E-state index is -0.943. The van der Waals surface area contributed by atoms with E-state index in [9.17, 15) is 9.59 Å². The molecule has 0 heterocycles. The van der Waals surface area contributed by atoms with Crippen LogP contribution in [0.2, 0.25) is 0 Å². The molecular formula is C18H26N2O3. The van der Waals surface area contributed by atoms with Gasteiger partial charge < -0.3 is 15.3 Å². The second-order valence-corrected chi connectivity index (χ2v) is 6.53. The van der Waals surface area contributed by atoms with Gasteiger partial charge in [0.15, 0.2) is 0 Å². The Bertz CT molecular complexity index is 532. The summed E-state index contributed by atoms with van der Waals surface area (Å²) in [5.41, 5.74) is 0.745. The zero-order valence-corrected chi connectivity index (χ0v) is 13.9. The van der Waals surface area contributed by atoms with Crippen LogP contribution in [0.3, 0.4) is 0 Å². The Morgan fingerprint density at radius 1 is 1.17 bits per heavy atom. The highest BCUT2D eigenvalue weighted by atomic mass is 16.4. The number of nitrogens with one attached hydrogen (secondary N) is 1. The molecule has 0 radical (unpaired) electrons. The van der Waals surface area contributed by atoms with Gasteiger partial charge in [0.1, 0.15) is 6.54 Å². The lowest BCUT2D eigenvalue weighted by Crippen LogP contribution is -2.48. The summed E-state index contributed by atoms with van der Waals surface area (Å²) in [7, 11) is 0. The number of amides is 1. The number of anilines is 1. The maximum absolute atomic E-state index is 12.4. The summed E-state index contributed by atoms with van der Waals surface area (Å²) in [6.45, 7) is 4.28. The number of nitrogens with zero attached hydrogens (tertiary/aromatic N) is 1. The minimum Gasteiger partial charge on any atom is -0.480 e. The van der Waals surface area contributed by atoms with Crippen LogP contribution in [0.5, 0.6) is 0 Å². The van der Waals surface area contributed by atoms with Gasteiger partial charge in [-0.15, -0.1) is 0 Å². The first-order chi connectivity index (χ1) is 11.0. The first-order valence-corrected chi connectivity index (χ1v) is 8.28. The summed E-state index contributed by atoms with van der Waals surface area (Å²) < 4.78 is 0. The van der Waals surface area contributed by atoms with Gasteiger partial charge in [0.25, 0.3) is 0 Å². The number of carbonyl (C=O) groups is 2.